The van der Waals surface area contributed by atoms with E-state index < -0.39 is 0 Å². The van der Waals surface area contributed by atoms with Crippen molar-refractivity contribution in [1.82, 2.24) is 4.90 Å². The van der Waals surface area contributed by atoms with E-state index in [1.165, 1.54) is 0 Å². The number of hydrogen-bond donors (Lipinski definition) is 1. The molecule has 1 saturated heterocycles. The molecule has 0 bridgehead atoms. The van der Waals surface area contributed by atoms with Crippen LogP contribution in [-0.4, -0.2) is 48.5 Å². The highest BCUT2D eigenvalue weighted by Crippen LogP contribution is 2.16. The van der Waals surface area contributed by atoms with Crippen LogP contribution >= 0.6 is 0 Å². The Bertz CT molecular complexity index is 142. The molecular formula is C10H21NO2. The largest absolute Gasteiger partial charge is 0.392 e. The molecule has 1 N–H and O–H groups in total. The third-order valence-electron chi connectivity index (χ3n) is 3.08. The number of nitrogens with zero attached hydrogens (tertiary/aromatic N) is 1. The summed E-state index contributed by atoms with van der Waals surface area (Å²) in [7, 11) is 1.78. The van der Waals surface area contributed by atoms with E-state index in [1.54, 1.807) is 7.11 Å². The third kappa shape index (κ3) is 2.93. The molecule has 0 aromatic rings. The first-order valence-corrected chi connectivity index (χ1v) is 5.10. The summed E-state index contributed by atoms with van der Waals surface area (Å²) >= 11 is 0. The molecule has 78 valence electrons. The van der Waals surface area contributed by atoms with Crippen LogP contribution in [0, 0.1) is 0 Å². The second kappa shape index (κ2) is 4.94. The first-order chi connectivity index (χ1) is 6.15. The molecule has 0 aromatic heterocycles. The van der Waals surface area contributed by atoms with Gasteiger partial charge in [0.15, 0.2) is 0 Å². The molecule has 2 atom stereocenters. The zero-order chi connectivity index (χ0) is 9.84. The number of aliphatic hydroxyl groups excluding tert-OH is 1. The van der Waals surface area contributed by atoms with Crippen molar-refractivity contribution in [3.63, 3.8) is 0 Å². The molecular weight excluding hydrogens is 166 g/mol. The van der Waals surface area contributed by atoms with Gasteiger partial charge in [-0.1, -0.05) is 0 Å². The highest BCUT2D eigenvalue weighted by molar-refractivity contribution is 4.78. The van der Waals surface area contributed by atoms with E-state index in [9.17, 15) is 5.11 Å². The van der Waals surface area contributed by atoms with Crippen molar-refractivity contribution in [3.8, 4) is 0 Å². The number of likely N-dealkylation sites (tertiary alicyclic amines) is 1. The minimum absolute atomic E-state index is 0.237. The van der Waals surface area contributed by atoms with Crippen molar-refractivity contribution in [2.24, 2.45) is 0 Å². The van der Waals surface area contributed by atoms with E-state index >= 15 is 0 Å². The predicted molar refractivity (Wildman–Crippen MR) is 52.7 cm³/mol. The summed E-state index contributed by atoms with van der Waals surface area (Å²) in [5, 5.41) is 9.42. The van der Waals surface area contributed by atoms with Crippen molar-refractivity contribution < 1.29 is 9.84 Å². The summed E-state index contributed by atoms with van der Waals surface area (Å²) in [6, 6.07) is 0.276. The van der Waals surface area contributed by atoms with Gasteiger partial charge < -0.3 is 9.84 Å². The van der Waals surface area contributed by atoms with Gasteiger partial charge in [0.1, 0.15) is 0 Å². The highest BCUT2D eigenvalue weighted by atomic mass is 16.5. The first kappa shape index (κ1) is 11.0. The van der Waals surface area contributed by atoms with E-state index in [2.05, 4.69) is 11.8 Å². The molecule has 0 aliphatic carbocycles. The van der Waals surface area contributed by atoms with E-state index in [0.29, 0.717) is 6.10 Å². The van der Waals surface area contributed by atoms with E-state index in [0.717, 1.165) is 25.9 Å². The Morgan fingerprint density at radius 2 is 1.85 bits per heavy atom. The van der Waals surface area contributed by atoms with E-state index in [4.69, 9.17) is 4.74 Å². The maximum Gasteiger partial charge on any atom is 0.0664 e. The average molecular weight is 187 g/mol. The molecule has 0 amide bonds. The fraction of sp³-hybridized carbons (Fsp3) is 1.00. The van der Waals surface area contributed by atoms with Crippen LogP contribution < -0.4 is 0 Å². The van der Waals surface area contributed by atoms with Gasteiger partial charge in [-0.15, -0.1) is 0 Å². The van der Waals surface area contributed by atoms with Crippen LogP contribution in [0.4, 0.5) is 0 Å². The molecule has 2 unspecified atom stereocenters. The summed E-state index contributed by atoms with van der Waals surface area (Å²) in [5.74, 6) is 0. The molecule has 1 fully saturated rings. The lowest BCUT2D eigenvalue weighted by Gasteiger charge is -2.36. The summed E-state index contributed by atoms with van der Waals surface area (Å²) in [6.45, 7) is 6.03. The maximum atomic E-state index is 9.42. The normalized spacial score (nSPS) is 25.8. The van der Waals surface area contributed by atoms with Gasteiger partial charge in [0, 0.05) is 26.2 Å². The van der Waals surface area contributed by atoms with Gasteiger partial charge in [0.25, 0.3) is 0 Å². The lowest BCUT2D eigenvalue weighted by atomic mass is 10.0. The third-order valence-corrected chi connectivity index (χ3v) is 3.08. The Morgan fingerprint density at radius 3 is 2.23 bits per heavy atom. The van der Waals surface area contributed by atoms with Crippen LogP contribution in [-0.2, 0) is 4.74 Å². The standard InChI is InChI=1S/C10H21NO2/c1-8(9(2)12)11-6-4-10(13-3)5-7-11/h8-10,12H,4-7H2,1-3H3. The van der Waals surface area contributed by atoms with Gasteiger partial charge in [0.2, 0.25) is 0 Å². The average Bonchev–Trinajstić information content (AvgIpc) is 2.17. The predicted octanol–water partition coefficient (Wildman–Crippen LogP) is 0.866. The number of aliphatic hydroxyl groups is 1. The van der Waals surface area contributed by atoms with Gasteiger partial charge in [-0.25, -0.2) is 0 Å². The quantitative estimate of drug-likeness (QED) is 0.711. The van der Waals surface area contributed by atoms with Crippen LogP contribution in [0.3, 0.4) is 0 Å². The van der Waals surface area contributed by atoms with Gasteiger partial charge in [-0.05, 0) is 26.7 Å². The van der Waals surface area contributed by atoms with Gasteiger partial charge >= 0.3 is 0 Å². The second-order valence-electron chi connectivity index (χ2n) is 3.95. The van der Waals surface area contributed by atoms with Crippen LogP contribution in [0.5, 0.6) is 0 Å². The lowest BCUT2D eigenvalue weighted by Crippen LogP contribution is -2.46. The summed E-state index contributed by atoms with van der Waals surface area (Å²) in [4.78, 5) is 2.33. The molecule has 1 heterocycles. The monoisotopic (exact) mass is 187 g/mol. The minimum Gasteiger partial charge on any atom is -0.392 e. The minimum atomic E-state index is -0.237. The summed E-state index contributed by atoms with van der Waals surface area (Å²) in [6.07, 6.45) is 2.37. The zero-order valence-electron chi connectivity index (χ0n) is 8.86. The molecule has 1 aliphatic heterocycles. The summed E-state index contributed by atoms with van der Waals surface area (Å²) < 4.78 is 5.29. The lowest BCUT2D eigenvalue weighted by molar-refractivity contribution is 0.00308. The smallest absolute Gasteiger partial charge is 0.0664 e. The molecule has 0 spiro atoms. The van der Waals surface area contributed by atoms with Crippen molar-refractivity contribution in [1.29, 1.82) is 0 Å². The van der Waals surface area contributed by atoms with Crippen molar-refractivity contribution in [3.05, 3.63) is 0 Å². The van der Waals surface area contributed by atoms with Crippen LogP contribution in [0.2, 0.25) is 0 Å². The van der Waals surface area contributed by atoms with Gasteiger partial charge in [0.05, 0.1) is 12.2 Å². The van der Waals surface area contributed by atoms with Gasteiger partial charge in [-0.2, -0.15) is 0 Å². The molecule has 1 rings (SSSR count). The van der Waals surface area contributed by atoms with Crippen molar-refractivity contribution in [2.45, 2.75) is 44.9 Å². The Balaban J connectivity index is 2.32. The Labute approximate surface area is 80.7 Å². The molecule has 3 heteroatoms. The van der Waals surface area contributed by atoms with Crippen molar-refractivity contribution >= 4 is 0 Å². The Morgan fingerprint density at radius 1 is 1.31 bits per heavy atom. The molecule has 0 radical (unpaired) electrons. The number of rotatable bonds is 3. The number of methoxy groups -OCH3 is 1. The number of ether oxygens (including phenoxy) is 1. The van der Waals surface area contributed by atoms with Crippen LogP contribution in [0.15, 0.2) is 0 Å². The molecule has 3 nitrogen and oxygen atoms in total. The molecule has 0 saturated carbocycles. The summed E-state index contributed by atoms with van der Waals surface area (Å²) in [5.41, 5.74) is 0. The Hall–Kier alpha value is -0.120. The first-order valence-electron chi connectivity index (χ1n) is 5.10. The molecule has 13 heavy (non-hydrogen) atoms. The number of hydrogen-bond acceptors (Lipinski definition) is 3. The fourth-order valence-electron chi connectivity index (χ4n) is 1.82. The second-order valence-corrected chi connectivity index (χ2v) is 3.95. The van der Waals surface area contributed by atoms with E-state index in [-0.39, 0.29) is 12.1 Å². The van der Waals surface area contributed by atoms with Crippen LogP contribution in [0.25, 0.3) is 0 Å². The number of piperidine rings is 1. The Kier molecular flexibility index (Phi) is 4.16. The van der Waals surface area contributed by atoms with Crippen molar-refractivity contribution in [2.75, 3.05) is 20.2 Å². The molecule has 0 aromatic carbocycles. The SMILES string of the molecule is COC1CCN(C(C)C(C)O)CC1. The topological polar surface area (TPSA) is 32.7 Å². The fourth-order valence-corrected chi connectivity index (χ4v) is 1.82. The zero-order valence-corrected chi connectivity index (χ0v) is 8.86. The highest BCUT2D eigenvalue weighted by Gasteiger charge is 2.24. The molecule has 1 aliphatic rings. The van der Waals surface area contributed by atoms with Gasteiger partial charge in [-0.3, -0.25) is 4.90 Å². The van der Waals surface area contributed by atoms with Crippen LogP contribution in [0.1, 0.15) is 26.7 Å². The van der Waals surface area contributed by atoms with E-state index in [1.807, 2.05) is 6.92 Å². The maximum absolute atomic E-state index is 9.42.